The van der Waals surface area contributed by atoms with Gasteiger partial charge in [0.1, 0.15) is 5.82 Å². The van der Waals surface area contributed by atoms with Crippen LogP contribution in [0.4, 0.5) is 4.39 Å². The first kappa shape index (κ1) is 19.6. The van der Waals surface area contributed by atoms with E-state index in [1.165, 1.54) is 11.6 Å². The second-order valence-electron chi connectivity index (χ2n) is 7.99. The fourth-order valence-corrected chi connectivity index (χ4v) is 4.06. The fourth-order valence-electron chi connectivity index (χ4n) is 4.06. The SMILES string of the molecule is CC(C)N(CCCC(C#N)(c1ccccc1F)C1CC1)Cc1ccccc1. The Kier molecular flexibility index (Phi) is 6.29. The molecular formula is C24H29FN2. The summed E-state index contributed by atoms with van der Waals surface area (Å²) >= 11 is 0. The topological polar surface area (TPSA) is 27.0 Å². The average Bonchev–Trinajstić information content (AvgIpc) is 3.52. The highest BCUT2D eigenvalue weighted by molar-refractivity contribution is 5.36. The minimum atomic E-state index is -0.680. The predicted molar refractivity (Wildman–Crippen MR) is 108 cm³/mol. The molecule has 0 bridgehead atoms. The van der Waals surface area contributed by atoms with Crippen molar-refractivity contribution in [2.75, 3.05) is 6.54 Å². The second kappa shape index (κ2) is 8.67. The molecule has 1 aliphatic rings. The van der Waals surface area contributed by atoms with Gasteiger partial charge >= 0.3 is 0 Å². The van der Waals surface area contributed by atoms with E-state index >= 15 is 0 Å². The highest BCUT2D eigenvalue weighted by Gasteiger charge is 2.47. The molecular weight excluding hydrogens is 335 g/mol. The molecule has 1 atom stereocenters. The lowest BCUT2D eigenvalue weighted by Crippen LogP contribution is -2.34. The summed E-state index contributed by atoms with van der Waals surface area (Å²) in [5.41, 5.74) is 1.21. The normalized spacial score (nSPS) is 16.3. The van der Waals surface area contributed by atoms with Crippen molar-refractivity contribution in [2.24, 2.45) is 5.92 Å². The zero-order valence-electron chi connectivity index (χ0n) is 16.4. The van der Waals surface area contributed by atoms with Crippen molar-refractivity contribution < 1.29 is 4.39 Å². The maximum absolute atomic E-state index is 14.5. The summed E-state index contributed by atoms with van der Waals surface area (Å²) in [4.78, 5) is 2.44. The fraction of sp³-hybridized carbons (Fsp3) is 0.458. The molecule has 1 saturated carbocycles. The molecule has 1 aliphatic carbocycles. The van der Waals surface area contributed by atoms with Gasteiger partial charge in [-0.1, -0.05) is 48.5 Å². The molecule has 3 rings (SSSR count). The number of rotatable bonds is 9. The van der Waals surface area contributed by atoms with Crippen LogP contribution in [0.15, 0.2) is 54.6 Å². The summed E-state index contributed by atoms with van der Waals surface area (Å²) in [7, 11) is 0. The second-order valence-corrected chi connectivity index (χ2v) is 7.99. The Morgan fingerprint density at radius 2 is 1.78 bits per heavy atom. The van der Waals surface area contributed by atoms with Crippen LogP contribution in [-0.2, 0) is 12.0 Å². The Balaban J connectivity index is 1.70. The summed E-state index contributed by atoms with van der Waals surface area (Å²) in [5.74, 6) is 0.0528. The maximum atomic E-state index is 14.5. The van der Waals surface area contributed by atoms with Crippen LogP contribution < -0.4 is 0 Å². The zero-order valence-corrected chi connectivity index (χ0v) is 16.4. The summed E-state index contributed by atoms with van der Waals surface area (Å²) in [6.45, 7) is 6.23. The number of halogens is 1. The van der Waals surface area contributed by atoms with Crippen LogP contribution in [0, 0.1) is 23.1 Å². The van der Waals surface area contributed by atoms with Gasteiger partial charge in [0.2, 0.25) is 0 Å². The van der Waals surface area contributed by atoms with Gasteiger partial charge in [-0.05, 0) is 63.6 Å². The molecule has 3 heteroatoms. The molecule has 1 fully saturated rings. The number of hydrogen-bond donors (Lipinski definition) is 0. The molecule has 0 aliphatic heterocycles. The minimum absolute atomic E-state index is 0.240. The van der Waals surface area contributed by atoms with Gasteiger partial charge in [-0.15, -0.1) is 0 Å². The smallest absolute Gasteiger partial charge is 0.128 e. The third-order valence-electron chi connectivity index (χ3n) is 5.80. The molecule has 2 aromatic carbocycles. The van der Waals surface area contributed by atoms with Crippen molar-refractivity contribution in [3.05, 3.63) is 71.5 Å². The van der Waals surface area contributed by atoms with Crippen molar-refractivity contribution in [2.45, 2.75) is 57.5 Å². The van der Waals surface area contributed by atoms with E-state index < -0.39 is 5.41 Å². The maximum Gasteiger partial charge on any atom is 0.128 e. The first-order valence-corrected chi connectivity index (χ1v) is 10.0. The first-order valence-electron chi connectivity index (χ1n) is 10.0. The quantitative estimate of drug-likeness (QED) is 0.572. The molecule has 27 heavy (non-hydrogen) atoms. The van der Waals surface area contributed by atoms with E-state index in [-0.39, 0.29) is 5.82 Å². The van der Waals surface area contributed by atoms with Gasteiger partial charge in [-0.3, -0.25) is 4.90 Å². The van der Waals surface area contributed by atoms with E-state index in [1.807, 2.05) is 12.1 Å². The van der Waals surface area contributed by atoms with Crippen LogP contribution in [0.2, 0.25) is 0 Å². The van der Waals surface area contributed by atoms with E-state index in [0.29, 0.717) is 23.9 Å². The van der Waals surface area contributed by atoms with Crippen LogP contribution in [0.1, 0.15) is 50.7 Å². The Morgan fingerprint density at radius 1 is 1.11 bits per heavy atom. The van der Waals surface area contributed by atoms with Crippen LogP contribution in [-0.4, -0.2) is 17.5 Å². The molecule has 0 N–H and O–H groups in total. The van der Waals surface area contributed by atoms with Crippen molar-refractivity contribution in [3.8, 4) is 6.07 Å². The summed E-state index contributed by atoms with van der Waals surface area (Å²) in [6, 6.07) is 20.3. The molecule has 0 aromatic heterocycles. The zero-order chi connectivity index (χ0) is 19.3. The summed E-state index contributed by atoms with van der Waals surface area (Å²) < 4.78 is 14.5. The van der Waals surface area contributed by atoms with Crippen LogP contribution in [0.25, 0.3) is 0 Å². The van der Waals surface area contributed by atoms with Crippen molar-refractivity contribution in [1.82, 2.24) is 4.90 Å². The highest BCUT2D eigenvalue weighted by atomic mass is 19.1. The minimum Gasteiger partial charge on any atom is -0.297 e. The molecule has 0 spiro atoms. The molecule has 0 radical (unpaired) electrons. The largest absolute Gasteiger partial charge is 0.297 e. The Labute approximate surface area is 162 Å². The third-order valence-corrected chi connectivity index (χ3v) is 5.80. The Bertz CT molecular complexity index is 776. The molecule has 0 saturated heterocycles. The molecule has 0 amide bonds. The summed E-state index contributed by atoms with van der Waals surface area (Å²) in [6.07, 6.45) is 3.66. The van der Waals surface area contributed by atoms with E-state index in [4.69, 9.17) is 0 Å². The summed E-state index contributed by atoms with van der Waals surface area (Å²) in [5, 5.41) is 10.0. The van der Waals surface area contributed by atoms with Crippen LogP contribution in [0.3, 0.4) is 0 Å². The lowest BCUT2D eigenvalue weighted by atomic mass is 9.73. The van der Waals surface area contributed by atoms with E-state index in [9.17, 15) is 9.65 Å². The Hall–Kier alpha value is -2.18. The van der Waals surface area contributed by atoms with Gasteiger partial charge in [0.15, 0.2) is 0 Å². The average molecular weight is 365 g/mol. The van der Waals surface area contributed by atoms with Crippen LogP contribution in [0.5, 0.6) is 0 Å². The molecule has 1 unspecified atom stereocenters. The molecule has 2 nitrogen and oxygen atoms in total. The highest BCUT2D eigenvalue weighted by Crippen LogP contribution is 2.50. The molecule has 0 heterocycles. The number of benzene rings is 2. The standard InChI is InChI=1S/C24H29FN2/c1-19(2)27(17-20-9-4-3-5-10-20)16-8-15-24(18-26,21-13-14-21)22-11-6-7-12-23(22)25/h3-7,9-12,19,21H,8,13-17H2,1-2H3. The first-order chi connectivity index (χ1) is 13.1. The monoisotopic (exact) mass is 364 g/mol. The van der Waals surface area contributed by atoms with Gasteiger partial charge in [0.25, 0.3) is 0 Å². The van der Waals surface area contributed by atoms with Gasteiger partial charge in [-0.2, -0.15) is 5.26 Å². The molecule has 2 aromatic rings. The van der Waals surface area contributed by atoms with Crippen molar-refractivity contribution in [3.63, 3.8) is 0 Å². The lowest BCUT2D eigenvalue weighted by Gasteiger charge is -2.31. The third kappa shape index (κ3) is 4.57. The number of hydrogen-bond acceptors (Lipinski definition) is 2. The van der Waals surface area contributed by atoms with Gasteiger partial charge < -0.3 is 0 Å². The number of nitriles is 1. The van der Waals surface area contributed by atoms with Gasteiger partial charge in [-0.25, -0.2) is 4.39 Å². The van der Waals surface area contributed by atoms with Gasteiger partial charge in [0.05, 0.1) is 11.5 Å². The van der Waals surface area contributed by atoms with Crippen molar-refractivity contribution >= 4 is 0 Å². The lowest BCUT2D eigenvalue weighted by molar-refractivity contribution is 0.202. The van der Waals surface area contributed by atoms with Gasteiger partial charge in [0, 0.05) is 18.2 Å². The van der Waals surface area contributed by atoms with E-state index in [2.05, 4.69) is 49.1 Å². The predicted octanol–water partition coefficient (Wildman–Crippen LogP) is 5.69. The Morgan fingerprint density at radius 3 is 2.37 bits per heavy atom. The van der Waals surface area contributed by atoms with E-state index in [0.717, 1.165) is 32.4 Å². The molecule has 142 valence electrons. The van der Waals surface area contributed by atoms with E-state index in [1.54, 1.807) is 12.1 Å². The van der Waals surface area contributed by atoms with Crippen LogP contribution >= 0.6 is 0 Å². The number of nitrogens with zero attached hydrogens (tertiary/aromatic N) is 2. The van der Waals surface area contributed by atoms with Crippen molar-refractivity contribution in [1.29, 1.82) is 5.26 Å².